The summed E-state index contributed by atoms with van der Waals surface area (Å²) >= 11 is 2.85. The molecule has 0 fully saturated rings. The molecule has 0 bridgehead atoms. The van der Waals surface area contributed by atoms with E-state index < -0.39 is 0 Å². The van der Waals surface area contributed by atoms with Crippen LogP contribution in [0.3, 0.4) is 0 Å². The van der Waals surface area contributed by atoms with Crippen LogP contribution in [0.5, 0.6) is 0 Å². The van der Waals surface area contributed by atoms with Crippen molar-refractivity contribution >= 4 is 29.0 Å². The highest BCUT2D eigenvalue weighted by Crippen LogP contribution is 2.17. The van der Waals surface area contributed by atoms with Gasteiger partial charge in [-0.1, -0.05) is 23.1 Å². The van der Waals surface area contributed by atoms with Gasteiger partial charge in [-0.15, -0.1) is 10.2 Å². The van der Waals surface area contributed by atoms with Gasteiger partial charge in [-0.25, -0.2) is 0 Å². The lowest BCUT2D eigenvalue weighted by Crippen LogP contribution is -2.26. The van der Waals surface area contributed by atoms with Crippen molar-refractivity contribution < 1.29 is 9.53 Å². The SMILES string of the molecule is CCOCCCNC(=O)CSc1nncs1. The predicted molar refractivity (Wildman–Crippen MR) is 64.8 cm³/mol. The summed E-state index contributed by atoms with van der Waals surface area (Å²) in [6.07, 6.45) is 0.850. The van der Waals surface area contributed by atoms with Crippen molar-refractivity contribution in [1.82, 2.24) is 15.5 Å². The Morgan fingerprint density at radius 1 is 1.69 bits per heavy atom. The first-order valence-electron chi connectivity index (χ1n) is 5.06. The van der Waals surface area contributed by atoms with Gasteiger partial charge in [0.05, 0.1) is 5.75 Å². The molecule has 0 atom stereocenters. The standard InChI is InChI=1S/C9H15N3O2S2/c1-2-14-5-3-4-10-8(13)6-15-9-12-11-7-16-9/h7H,2-6H2,1H3,(H,10,13). The quantitative estimate of drug-likeness (QED) is 0.562. The molecule has 1 aromatic heterocycles. The number of nitrogens with zero attached hydrogens (tertiary/aromatic N) is 2. The summed E-state index contributed by atoms with van der Waals surface area (Å²) < 4.78 is 5.98. The van der Waals surface area contributed by atoms with E-state index >= 15 is 0 Å². The minimum atomic E-state index is 0.0247. The monoisotopic (exact) mass is 261 g/mol. The lowest BCUT2D eigenvalue weighted by atomic mass is 10.4. The fourth-order valence-electron chi connectivity index (χ4n) is 0.951. The summed E-state index contributed by atoms with van der Waals surface area (Å²) in [5.74, 6) is 0.417. The van der Waals surface area contributed by atoms with Crippen LogP contribution in [0.4, 0.5) is 0 Å². The molecule has 0 radical (unpaired) electrons. The molecule has 1 amide bonds. The van der Waals surface area contributed by atoms with Crippen LogP contribution in [-0.4, -0.2) is 41.6 Å². The summed E-state index contributed by atoms with van der Waals surface area (Å²) in [6.45, 7) is 4.04. The van der Waals surface area contributed by atoms with Gasteiger partial charge in [-0.05, 0) is 13.3 Å². The number of hydrogen-bond acceptors (Lipinski definition) is 6. The molecule has 0 spiro atoms. The molecule has 0 aliphatic rings. The lowest BCUT2D eigenvalue weighted by molar-refractivity contribution is -0.118. The summed E-state index contributed by atoms with van der Waals surface area (Å²) in [5, 5.41) is 10.4. The summed E-state index contributed by atoms with van der Waals surface area (Å²) in [5.41, 5.74) is 1.66. The molecule has 0 aliphatic carbocycles. The zero-order valence-corrected chi connectivity index (χ0v) is 10.8. The number of hydrogen-bond donors (Lipinski definition) is 1. The van der Waals surface area contributed by atoms with E-state index in [0.717, 1.165) is 17.4 Å². The van der Waals surface area contributed by atoms with E-state index in [0.29, 0.717) is 18.9 Å². The van der Waals surface area contributed by atoms with Gasteiger partial charge in [-0.3, -0.25) is 4.79 Å². The third-order valence-electron chi connectivity index (χ3n) is 1.66. The van der Waals surface area contributed by atoms with E-state index in [1.807, 2.05) is 6.92 Å². The first-order chi connectivity index (χ1) is 7.83. The van der Waals surface area contributed by atoms with Crippen LogP contribution >= 0.6 is 23.1 Å². The molecule has 0 saturated carbocycles. The van der Waals surface area contributed by atoms with E-state index in [-0.39, 0.29) is 5.91 Å². The van der Waals surface area contributed by atoms with E-state index in [4.69, 9.17) is 4.74 Å². The highest BCUT2D eigenvalue weighted by molar-refractivity contribution is 8.01. The molecular weight excluding hydrogens is 246 g/mol. The number of ether oxygens (including phenoxy) is 1. The van der Waals surface area contributed by atoms with Gasteiger partial charge >= 0.3 is 0 Å². The highest BCUT2D eigenvalue weighted by Gasteiger charge is 2.03. The molecule has 90 valence electrons. The van der Waals surface area contributed by atoms with Gasteiger partial charge in [0.2, 0.25) is 5.91 Å². The van der Waals surface area contributed by atoms with Crippen molar-refractivity contribution in [3.05, 3.63) is 5.51 Å². The van der Waals surface area contributed by atoms with E-state index in [2.05, 4.69) is 15.5 Å². The van der Waals surface area contributed by atoms with Gasteiger partial charge in [-0.2, -0.15) is 0 Å². The Morgan fingerprint density at radius 2 is 2.56 bits per heavy atom. The average molecular weight is 261 g/mol. The van der Waals surface area contributed by atoms with E-state index in [9.17, 15) is 4.79 Å². The van der Waals surface area contributed by atoms with Gasteiger partial charge in [0, 0.05) is 19.8 Å². The number of nitrogens with one attached hydrogen (secondary N) is 1. The maximum atomic E-state index is 11.4. The van der Waals surface area contributed by atoms with Gasteiger partial charge in [0.25, 0.3) is 0 Å². The Labute approximate surface area is 103 Å². The Bertz CT molecular complexity index is 293. The molecule has 1 rings (SSSR count). The number of carbonyl (C=O) groups is 1. The Balaban J connectivity index is 1.99. The Kier molecular flexibility index (Phi) is 7.11. The first-order valence-corrected chi connectivity index (χ1v) is 6.93. The normalized spacial score (nSPS) is 10.3. The Morgan fingerprint density at radius 3 is 3.25 bits per heavy atom. The van der Waals surface area contributed by atoms with E-state index in [1.165, 1.54) is 23.1 Å². The molecule has 1 N–H and O–H groups in total. The van der Waals surface area contributed by atoms with Gasteiger partial charge < -0.3 is 10.1 Å². The minimum absolute atomic E-state index is 0.0247. The number of aromatic nitrogens is 2. The van der Waals surface area contributed by atoms with Crippen molar-refractivity contribution in [3.63, 3.8) is 0 Å². The van der Waals surface area contributed by atoms with Crippen molar-refractivity contribution in [2.45, 2.75) is 17.7 Å². The molecule has 0 saturated heterocycles. The molecule has 1 heterocycles. The number of thioether (sulfide) groups is 1. The third kappa shape index (κ3) is 6.04. The van der Waals surface area contributed by atoms with E-state index in [1.54, 1.807) is 5.51 Å². The maximum Gasteiger partial charge on any atom is 0.230 e. The second kappa shape index (κ2) is 8.49. The molecule has 7 heteroatoms. The molecule has 16 heavy (non-hydrogen) atoms. The summed E-state index contributed by atoms with van der Waals surface area (Å²) in [4.78, 5) is 11.4. The van der Waals surface area contributed by atoms with Crippen LogP contribution in [0.2, 0.25) is 0 Å². The minimum Gasteiger partial charge on any atom is -0.382 e. The number of rotatable bonds is 8. The molecule has 1 aromatic rings. The fourth-order valence-corrected chi connectivity index (χ4v) is 2.27. The molecule has 0 unspecified atom stereocenters. The largest absolute Gasteiger partial charge is 0.382 e. The zero-order chi connectivity index (χ0) is 11.6. The van der Waals surface area contributed by atoms with Gasteiger partial charge in [0.1, 0.15) is 5.51 Å². The second-order valence-corrected chi connectivity index (χ2v) is 4.95. The maximum absolute atomic E-state index is 11.4. The Hall–Kier alpha value is -0.660. The number of carbonyl (C=O) groups excluding carboxylic acids is 1. The highest BCUT2D eigenvalue weighted by atomic mass is 32.2. The molecular formula is C9H15N3O2S2. The third-order valence-corrected chi connectivity index (χ3v) is 3.52. The zero-order valence-electron chi connectivity index (χ0n) is 9.14. The van der Waals surface area contributed by atoms with Crippen LogP contribution in [0.15, 0.2) is 9.85 Å². The fraction of sp³-hybridized carbons (Fsp3) is 0.667. The summed E-state index contributed by atoms with van der Waals surface area (Å²) in [7, 11) is 0. The van der Waals surface area contributed by atoms with Crippen LogP contribution in [0.1, 0.15) is 13.3 Å². The smallest absolute Gasteiger partial charge is 0.230 e. The van der Waals surface area contributed by atoms with Crippen molar-refractivity contribution in [1.29, 1.82) is 0 Å². The first kappa shape index (κ1) is 13.4. The van der Waals surface area contributed by atoms with Crippen molar-refractivity contribution in [2.75, 3.05) is 25.5 Å². The van der Waals surface area contributed by atoms with Crippen molar-refractivity contribution in [3.8, 4) is 0 Å². The van der Waals surface area contributed by atoms with Gasteiger partial charge in [0.15, 0.2) is 4.34 Å². The number of amides is 1. The lowest BCUT2D eigenvalue weighted by Gasteiger charge is -2.03. The second-order valence-electron chi connectivity index (χ2n) is 2.89. The molecule has 5 nitrogen and oxygen atoms in total. The van der Waals surface area contributed by atoms with Crippen LogP contribution < -0.4 is 5.32 Å². The van der Waals surface area contributed by atoms with Crippen LogP contribution in [0, 0.1) is 0 Å². The predicted octanol–water partition coefficient (Wildman–Crippen LogP) is 1.17. The summed E-state index contributed by atoms with van der Waals surface area (Å²) in [6, 6.07) is 0. The molecule has 0 aromatic carbocycles. The van der Waals surface area contributed by atoms with Crippen LogP contribution in [-0.2, 0) is 9.53 Å². The average Bonchev–Trinajstić information content (AvgIpc) is 2.79. The topological polar surface area (TPSA) is 64.1 Å². The van der Waals surface area contributed by atoms with Crippen molar-refractivity contribution in [2.24, 2.45) is 0 Å². The van der Waals surface area contributed by atoms with Crippen LogP contribution in [0.25, 0.3) is 0 Å². The molecule has 0 aliphatic heterocycles.